The fraction of sp³-hybridized carbons (Fsp3) is 0.588. The van der Waals surface area contributed by atoms with Crippen molar-refractivity contribution in [2.45, 2.75) is 57.8 Å². The van der Waals surface area contributed by atoms with E-state index in [4.69, 9.17) is 9.05 Å². The average molecular weight is 336 g/mol. The van der Waals surface area contributed by atoms with Crippen molar-refractivity contribution in [3.63, 3.8) is 0 Å². The highest BCUT2D eigenvalue weighted by Crippen LogP contribution is 2.65. The van der Waals surface area contributed by atoms with Gasteiger partial charge in [0.05, 0.1) is 6.07 Å². The SMILES string of the molecule is CCC[C@@](C#N)(CC)OP1(=O)O[C@@H](c2ccccc2)[C@H](C)N1C. The van der Waals surface area contributed by atoms with Crippen LogP contribution in [0.25, 0.3) is 0 Å². The van der Waals surface area contributed by atoms with Crippen molar-refractivity contribution in [3.8, 4) is 6.07 Å². The van der Waals surface area contributed by atoms with Crippen molar-refractivity contribution >= 4 is 7.75 Å². The van der Waals surface area contributed by atoms with Gasteiger partial charge in [-0.1, -0.05) is 50.6 Å². The molecule has 0 N–H and O–H groups in total. The summed E-state index contributed by atoms with van der Waals surface area (Å²) in [5, 5.41) is 9.55. The zero-order valence-electron chi connectivity index (χ0n) is 14.2. The van der Waals surface area contributed by atoms with Crippen LogP contribution in [-0.4, -0.2) is 23.4 Å². The minimum atomic E-state index is -3.51. The summed E-state index contributed by atoms with van der Waals surface area (Å²) in [5.41, 5.74) is -0.105. The zero-order valence-corrected chi connectivity index (χ0v) is 15.1. The van der Waals surface area contributed by atoms with Crippen LogP contribution in [0.2, 0.25) is 0 Å². The number of nitriles is 1. The number of benzene rings is 1. The van der Waals surface area contributed by atoms with Crippen LogP contribution in [0.15, 0.2) is 30.3 Å². The molecule has 1 saturated heterocycles. The molecule has 1 fully saturated rings. The topological polar surface area (TPSA) is 62.6 Å². The minimum absolute atomic E-state index is 0.0990. The van der Waals surface area contributed by atoms with Crippen molar-refractivity contribution in [1.29, 1.82) is 5.26 Å². The third-order valence-corrected chi connectivity index (χ3v) is 6.72. The summed E-state index contributed by atoms with van der Waals surface area (Å²) in [7, 11) is -1.78. The Kier molecular flexibility index (Phi) is 5.65. The summed E-state index contributed by atoms with van der Waals surface area (Å²) < 4.78 is 26.6. The highest BCUT2D eigenvalue weighted by molar-refractivity contribution is 7.51. The van der Waals surface area contributed by atoms with Crippen molar-refractivity contribution in [3.05, 3.63) is 35.9 Å². The maximum Gasteiger partial charge on any atom is 0.410 e. The summed E-state index contributed by atoms with van der Waals surface area (Å²) >= 11 is 0. The Labute approximate surface area is 138 Å². The first-order chi connectivity index (χ1) is 10.9. The molecule has 1 aromatic carbocycles. The molecule has 1 aliphatic heterocycles. The lowest BCUT2D eigenvalue weighted by Gasteiger charge is -2.30. The van der Waals surface area contributed by atoms with Crippen LogP contribution in [0.1, 0.15) is 51.7 Å². The van der Waals surface area contributed by atoms with Gasteiger partial charge < -0.3 is 0 Å². The van der Waals surface area contributed by atoms with Crippen LogP contribution in [0, 0.1) is 11.3 Å². The summed E-state index contributed by atoms with van der Waals surface area (Å²) in [6.45, 7) is 5.81. The van der Waals surface area contributed by atoms with Gasteiger partial charge in [-0.15, -0.1) is 0 Å². The van der Waals surface area contributed by atoms with E-state index in [2.05, 4.69) is 6.07 Å². The first-order valence-electron chi connectivity index (χ1n) is 8.10. The third kappa shape index (κ3) is 3.51. The third-order valence-electron chi connectivity index (χ3n) is 4.51. The van der Waals surface area contributed by atoms with Gasteiger partial charge in [0.1, 0.15) is 6.10 Å². The van der Waals surface area contributed by atoms with E-state index in [0.717, 1.165) is 12.0 Å². The highest BCUT2D eigenvalue weighted by atomic mass is 31.2. The molecular formula is C17H25N2O3P. The van der Waals surface area contributed by atoms with Gasteiger partial charge in [0.25, 0.3) is 0 Å². The molecule has 23 heavy (non-hydrogen) atoms. The van der Waals surface area contributed by atoms with E-state index in [-0.39, 0.29) is 12.1 Å². The van der Waals surface area contributed by atoms with E-state index in [9.17, 15) is 9.83 Å². The van der Waals surface area contributed by atoms with E-state index in [1.54, 1.807) is 11.7 Å². The standard InChI is InChI=1S/C17H25N2O3P/c1-5-12-17(6-2,13-18)22-23(20)19(4)14(3)16(21-23)15-10-8-7-9-11-15/h7-11,14,16H,5-6,12H2,1-4H3/t14-,16+,17+,23?/m0/s1. The number of hydrogen-bond donors (Lipinski definition) is 0. The molecule has 4 atom stereocenters. The van der Waals surface area contributed by atoms with Gasteiger partial charge in [0.2, 0.25) is 0 Å². The monoisotopic (exact) mass is 336 g/mol. The normalized spacial score (nSPS) is 30.7. The Morgan fingerprint density at radius 2 is 2.04 bits per heavy atom. The zero-order chi connectivity index (χ0) is 17.1. The van der Waals surface area contributed by atoms with E-state index in [0.29, 0.717) is 12.8 Å². The molecule has 0 aromatic heterocycles. The first-order valence-corrected chi connectivity index (χ1v) is 9.59. The van der Waals surface area contributed by atoms with Gasteiger partial charge in [-0.3, -0.25) is 9.05 Å². The molecule has 1 unspecified atom stereocenters. The van der Waals surface area contributed by atoms with E-state index >= 15 is 0 Å². The molecule has 1 aromatic rings. The van der Waals surface area contributed by atoms with Crippen molar-refractivity contribution in [1.82, 2.24) is 4.67 Å². The molecule has 0 saturated carbocycles. The molecule has 0 spiro atoms. The van der Waals surface area contributed by atoms with Crippen LogP contribution in [0.4, 0.5) is 0 Å². The molecule has 2 rings (SSSR count). The maximum absolute atomic E-state index is 13.3. The Morgan fingerprint density at radius 1 is 1.39 bits per heavy atom. The molecular weight excluding hydrogens is 311 g/mol. The number of rotatable bonds is 6. The van der Waals surface area contributed by atoms with Gasteiger partial charge in [-0.05, 0) is 32.4 Å². The summed E-state index contributed by atoms with van der Waals surface area (Å²) in [4.78, 5) is 0. The second-order valence-corrected chi connectivity index (χ2v) is 7.98. The molecule has 1 aliphatic rings. The molecule has 6 heteroatoms. The molecule has 5 nitrogen and oxygen atoms in total. The number of likely N-dealkylation sites (N-methyl/N-ethyl adjacent to an activating group) is 1. The Morgan fingerprint density at radius 3 is 2.57 bits per heavy atom. The fourth-order valence-electron chi connectivity index (χ4n) is 2.86. The molecule has 0 amide bonds. The summed E-state index contributed by atoms with van der Waals surface area (Å²) in [5.74, 6) is 0. The van der Waals surface area contributed by atoms with Crippen LogP contribution in [-0.2, 0) is 13.6 Å². The van der Waals surface area contributed by atoms with E-state index < -0.39 is 13.3 Å². The number of hydrogen-bond acceptors (Lipinski definition) is 4. The van der Waals surface area contributed by atoms with Gasteiger partial charge in [-0.2, -0.15) is 5.26 Å². The minimum Gasteiger partial charge on any atom is -0.287 e. The van der Waals surface area contributed by atoms with Gasteiger partial charge in [0.15, 0.2) is 5.60 Å². The van der Waals surface area contributed by atoms with Crippen molar-refractivity contribution < 1.29 is 13.6 Å². The lowest BCUT2D eigenvalue weighted by Crippen LogP contribution is -2.32. The lowest BCUT2D eigenvalue weighted by atomic mass is 9.97. The quantitative estimate of drug-likeness (QED) is 0.706. The molecule has 0 radical (unpaired) electrons. The second-order valence-electron chi connectivity index (χ2n) is 6.02. The number of nitrogens with zero attached hydrogens (tertiary/aromatic N) is 2. The first kappa shape index (κ1) is 18.2. The van der Waals surface area contributed by atoms with Crippen LogP contribution < -0.4 is 0 Å². The largest absolute Gasteiger partial charge is 0.410 e. The fourth-order valence-corrected chi connectivity index (χ4v) is 5.04. The van der Waals surface area contributed by atoms with E-state index in [1.807, 2.05) is 51.1 Å². The second kappa shape index (κ2) is 7.15. The van der Waals surface area contributed by atoms with Gasteiger partial charge in [-0.25, -0.2) is 9.24 Å². The van der Waals surface area contributed by atoms with Crippen LogP contribution >= 0.6 is 7.75 Å². The van der Waals surface area contributed by atoms with Crippen molar-refractivity contribution in [2.75, 3.05) is 7.05 Å². The predicted molar refractivity (Wildman–Crippen MR) is 89.7 cm³/mol. The van der Waals surface area contributed by atoms with Crippen LogP contribution in [0.3, 0.4) is 0 Å². The summed E-state index contributed by atoms with van der Waals surface area (Å²) in [6, 6.07) is 11.8. The smallest absolute Gasteiger partial charge is 0.287 e. The Bertz CT molecular complexity index is 616. The van der Waals surface area contributed by atoms with E-state index in [1.165, 1.54) is 0 Å². The molecule has 1 heterocycles. The Balaban J connectivity index is 2.28. The Hall–Kier alpha value is -1.18. The van der Waals surface area contributed by atoms with Crippen molar-refractivity contribution in [2.24, 2.45) is 0 Å². The molecule has 0 aliphatic carbocycles. The average Bonchev–Trinajstić information content (AvgIpc) is 2.79. The van der Waals surface area contributed by atoms with Gasteiger partial charge >= 0.3 is 7.75 Å². The molecule has 0 bridgehead atoms. The lowest BCUT2D eigenvalue weighted by molar-refractivity contribution is 0.0725. The van der Waals surface area contributed by atoms with Crippen LogP contribution in [0.5, 0.6) is 0 Å². The predicted octanol–water partition coefficient (Wildman–Crippen LogP) is 4.68. The highest BCUT2D eigenvalue weighted by Gasteiger charge is 2.52. The van der Waals surface area contributed by atoms with Gasteiger partial charge in [0, 0.05) is 6.04 Å². The molecule has 126 valence electrons. The maximum atomic E-state index is 13.3. The summed E-state index contributed by atoms with van der Waals surface area (Å²) in [6.07, 6.45) is 1.46.